The van der Waals surface area contributed by atoms with E-state index >= 15 is 0 Å². The van der Waals surface area contributed by atoms with Crippen molar-refractivity contribution in [2.75, 3.05) is 19.3 Å². The van der Waals surface area contributed by atoms with Gasteiger partial charge in [0.1, 0.15) is 18.2 Å². The van der Waals surface area contributed by atoms with E-state index in [-0.39, 0.29) is 18.3 Å². The van der Waals surface area contributed by atoms with Crippen LogP contribution in [0.1, 0.15) is 32.3 Å². The van der Waals surface area contributed by atoms with Crippen LogP contribution in [-0.4, -0.2) is 56.7 Å². The number of hydrogen-bond acceptors (Lipinski definition) is 7. The third kappa shape index (κ3) is 5.69. The van der Waals surface area contributed by atoms with E-state index in [1.807, 2.05) is 20.8 Å². The predicted octanol–water partition coefficient (Wildman–Crippen LogP) is 3.70. The zero-order valence-corrected chi connectivity index (χ0v) is 18.5. The van der Waals surface area contributed by atoms with Gasteiger partial charge in [-0.3, -0.25) is 4.21 Å². The fourth-order valence-electron chi connectivity index (χ4n) is 3.04. The number of likely N-dealkylation sites (tertiary alicyclic amines) is 1. The number of hydrogen-bond donors (Lipinski definition) is 0. The molecule has 0 bridgehead atoms. The molecule has 1 fully saturated rings. The summed E-state index contributed by atoms with van der Waals surface area (Å²) < 4.78 is 28.7. The molecule has 0 spiro atoms. The fourth-order valence-corrected chi connectivity index (χ4v) is 3.56. The minimum absolute atomic E-state index is 0.0478. The van der Waals surface area contributed by atoms with Crippen molar-refractivity contribution >= 4 is 16.9 Å². The van der Waals surface area contributed by atoms with Crippen molar-refractivity contribution in [2.24, 2.45) is 0 Å². The molecule has 9 heteroatoms. The van der Waals surface area contributed by atoms with Crippen molar-refractivity contribution in [3.05, 3.63) is 36.2 Å². The first-order chi connectivity index (χ1) is 14.3. The second-order valence-electron chi connectivity index (χ2n) is 7.37. The van der Waals surface area contributed by atoms with Crippen LogP contribution in [0.2, 0.25) is 0 Å². The highest BCUT2D eigenvalue weighted by molar-refractivity contribution is 7.84. The zero-order chi connectivity index (χ0) is 21.7. The predicted molar refractivity (Wildman–Crippen MR) is 112 cm³/mol. The van der Waals surface area contributed by atoms with Gasteiger partial charge in [0.05, 0.1) is 11.7 Å². The van der Waals surface area contributed by atoms with Gasteiger partial charge in [-0.25, -0.2) is 14.8 Å². The summed E-state index contributed by atoms with van der Waals surface area (Å²) in [5, 5.41) is 0. The summed E-state index contributed by atoms with van der Waals surface area (Å²) in [4.78, 5) is 22.9. The second kappa shape index (κ2) is 9.88. The van der Waals surface area contributed by atoms with Crippen LogP contribution in [-0.2, 0) is 15.5 Å². The van der Waals surface area contributed by atoms with Gasteiger partial charge in [-0.2, -0.15) is 0 Å². The Kier molecular flexibility index (Phi) is 7.25. The average Bonchev–Trinajstić information content (AvgIpc) is 2.71. The number of carbonyl (C=O) groups is 1. The smallest absolute Gasteiger partial charge is 0.410 e. The Morgan fingerprint density at radius 1 is 1.13 bits per heavy atom. The van der Waals surface area contributed by atoms with Crippen LogP contribution >= 0.6 is 0 Å². The molecule has 1 amide bonds. The Bertz CT molecular complexity index is 896. The summed E-state index contributed by atoms with van der Waals surface area (Å²) in [6.07, 6.45) is 3.97. The number of ether oxygens (including phenoxy) is 3. The molecule has 1 aliphatic heterocycles. The number of aromatic nitrogens is 2. The summed E-state index contributed by atoms with van der Waals surface area (Å²) in [6.45, 7) is 6.67. The molecule has 1 atom stereocenters. The van der Waals surface area contributed by atoms with Gasteiger partial charge in [-0.15, -0.1) is 0 Å². The average molecular weight is 434 g/mol. The Hall–Kier alpha value is -2.68. The maximum absolute atomic E-state index is 12.0. The Morgan fingerprint density at radius 3 is 2.37 bits per heavy atom. The van der Waals surface area contributed by atoms with Gasteiger partial charge in [0.15, 0.2) is 0 Å². The summed E-state index contributed by atoms with van der Waals surface area (Å²) in [5.74, 6) is 1.46. The van der Waals surface area contributed by atoms with Gasteiger partial charge in [-0.1, -0.05) is 0 Å². The molecule has 8 nitrogen and oxygen atoms in total. The van der Waals surface area contributed by atoms with Gasteiger partial charge in [0, 0.05) is 47.9 Å². The van der Waals surface area contributed by atoms with E-state index in [1.54, 1.807) is 35.4 Å². The number of carbonyl (C=O) groups excluding carboxylic acids is 1. The molecule has 0 saturated carbocycles. The van der Waals surface area contributed by atoms with E-state index in [0.29, 0.717) is 49.0 Å². The molecule has 2 heterocycles. The number of nitrogens with zero attached hydrogens (tertiary/aromatic N) is 3. The lowest BCUT2D eigenvalue weighted by Crippen LogP contribution is -2.42. The largest absolute Gasteiger partial charge is 0.474 e. The molecule has 1 unspecified atom stereocenters. The second-order valence-corrected chi connectivity index (χ2v) is 8.75. The molecule has 3 rings (SSSR count). The topological polar surface area (TPSA) is 90.9 Å². The van der Waals surface area contributed by atoms with E-state index in [1.165, 1.54) is 6.33 Å². The third-order valence-corrected chi connectivity index (χ3v) is 5.61. The van der Waals surface area contributed by atoms with Crippen molar-refractivity contribution in [3.63, 3.8) is 0 Å². The molecule has 1 aromatic carbocycles. The Labute approximate surface area is 179 Å². The van der Waals surface area contributed by atoms with Crippen LogP contribution in [0.15, 0.2) is 35.5 Å². The van der Waals surface area contributed by atoms with Crippen molar-refractivity contribution in [3.8, 4) is 17.5 Å². The quantitative estimate of drug-likeness (QED) is 0.686. The minimum atomic E-state index is -1.04. The molecule has 1 aromatic heterocycles. The highest BCUT2D eigenvalue weighted by Gasteiger charge is 2.26. The highest BCUT2D eigenvalue weighted by atomic mass is 32.2. The summed E-state index contributed by atoms with van der Waals surface area (Å²) >= 11 is 0. The van der Waals surface area contributed by atoms with Crippen molar-refractivity contribution < 1.29 is 23.2 Å². The maximum atomic E-state index is 12.0. The van der Waals surface area contributed by atoms with Crippen LogP contribution in [0.3, 0.4) is 0 Å². The number of rotatable bonds is 6. The van der Waals surface area contributed by atoms with Crippen LogP contribution < -0.4 is 9.47 Å². The molecule has 2 aromatic rings. The fraction of sp³-hybridized carbons (Fsp3) is 0.476. The lowest BCUT2D eigenvalue weighted by atomic mass is 10.1. The molecule has 1 saturated heterocycles. The Morgan fingerprint density at radius 2 is 1.77 bits per heavy atom. The minimum Gasteiger partial charge on any atom is -0.474 e. The van der Waals surface area contributed by atoms with Crippen molar-refractivity contribution in [1.29, 1.82) is 0 Å². The molecule has 0 radical (unpaired) electrons. The van der Waals surface area contributed by atoms with Gasteiger partial charge >= 0.3 is 6.09 Å². The van der Waals surface area contributed by atoms with E-state index in [4.69, 9.17) is 14.2 Å². The third-order valence-electron chi connectivity index (χ3n) is 4.68. The summed E-state index contributed by atoms with van der Waals surface area (Å²) in [6, 6.07) is 7.03. The van der Waals surface area contributed by atoms with Gasteiger partial charge in [0.2, 0.25) is 11.8 Å². The standard InChI is InChI=1S/C21H27N3O5S/c1-14(2)27-21(25)24-11-9-17(10-12-24)29-20-15(3)19(22-13-23-20)28-16-5-7-18(8-6-16)30(4)26/h5-8,13-14,17H,9-12H2,1-4H3. The van der Waals surface area contributed by atoms with Crippen LogP contribution in [0.4, 0.5) is 4.79 Å². The molecule has 30 heavy (non-hydrogen) atoms. The molecule has 0 N–H and O–H groups in total. The Balaban J connectivity index is 1.60. The van der Waals surface area contributed by atoms with Crippen LogP contribution in [0.25, 0.3) is 0 Å². The van der Waals surface area contributed by atoms with E-state index in [2.05, 4.69) is 9.97 Å². The van der Waals surface area contributed by atoms with Crippen molar-refractivity contribution in [1.82, 2.24) is 14.9 Å². The zero-order valence-electron chi connectivity index (χ0n) is 17.7. The van der Waals surface area contributed by atoms with E-state index in [9.17, 15) is 9.00 Å². The molecule has 0 aliphatic carbocycles. The lowest BCUT2D eigenvalue weighted by Gasteiger charge is -2.31. The van der Waals surface area contributed by atoms with Crippen molar-refractivity contribution in [2.45, 2.75) is 50.7 Å². The highest BCUT2D eigenvalue weighted by Crippen LogP contribution is 2.29. The lowest BCUT2D eigenvalue weighted by molar-refractivity contribution is 0.0505. The molecular formula is C21H27N3O5S. The molecular weight excluding hydrogens is 406 g/mol. The number of benzene rings is 1. The van der Waals surface area contributed by atoms with E-state index in [0.717, 1.165) is 4.90 Å². The van der Waals surface area contributed by atoms with Gasteiger partial charge in [-0.05, 0) is 45.0 Å². The summed E-state index contributed by atoms with van der Waals surface area (Å²) in [7, 11) is -1.04. The first kappa shape index (κ1) is 22.0. The maximum Gasteiger partial charge on any atom is 0.410 e. The number of piperidine rings is 1. The van der Waals surface area contributed by atoms with E-state index < -0.39 is 10.8 Å². The number of amides is 1. The first-order valence-electron chi connectivity index (χ1n) is 9.88. The summed E-state index contributed by atoms with van der Waals surface area (Å²) in [5.41, 5.74) is 0.697. The molecule has 162 valence electrons. The molecule has 1 aliphatic rings. The van der Waals surface area contributed by atoms with Gasteiger partial charge in [0.25, 0.3) is 0 Å². The van der Waals surface area contributed by atoms with Crippen LogP contribution in [0, 0.1) is 6.92 Å². The monoisotopic (exact) mass is 433 g/mol. The first-order valence-corrected chi connectivity index (χ1v) is 11.4. The SMILES string of the molecule is Cc1c(Oc2ccc(S(C)=O)cc2)ncnc1OC1CCN(C(=O)OC(C)C)CC1. The van der Waals surface area contributed by atoms with Crippen LogP contribution in [0.5, 0.6) is 17.5 Å². The van der Waals surface area contributed by atoms with Gasteiger partial charge < -0.3 is 19.1 Å². The normalized spacial score (nSPS) is 15.7.